The van der Waals surface area contributed by atoms with Crippen molar-refractivity contribution >= 4 is 21.8 Å². The largest absolute Gasteiger partial charge is 0.368 e. The van der Waals surface area contributed by atoms with Gasteiger partial charge in [-0.3, -0.25) is 4.79 Å². The van der Waals surface area contributed by atoms with Gasteiger partial charge < -0.3 is 9.64 Å². The molecule has 2 atom stereocenters. The molecule has 4 heteroatoms. The Hall–Kier alpha value is -0.0900. The summed E-state index contributed by atoms with van der Waals surface area (Å²) in [5, 5.41) is 0.780. The van der Waals surface area contributed by atoms with Gasteiger partial charge in [0.05, 0.1) is 11.7 Å². The molecule has 1 fully saturated rings. The predicted octanol–water partition coefficient (Wildman–Crippen LogP) is 2.82. The molecule has 0 spiro atoms. The van der Waals surface area contributed by atoms with Gasteiger partial charge in [0.2, 0.25) is 5.91 Å². The van der Waals surface area contributed by atoms with Crippen molar-refractivity contribution in [1.82, 2.24) is 4.90 Å². The van der Waals surface area contributed by atoms with Crippen molar-refractivity contribution in [2.24, 2.45) is 5.92 Å². The van der Waals surface area contributed by atoms with Crippen molar-refractivity contribution in [3.05, 3.63) is 0 Å². The number of alkyl halides is 1. The topological polar surface area (TPSA) is 29.5 Å². The van der Waals surface area contributed by atoms with Gasteiger partial charge in [-0.25, -0.2) is 0 Å². The van der Waals surface area contributed by atoms with Gasteiger partial charge in [0.15, 0.2) is 0 Å². The average molecular weight is 306 g/mol. The lowest BCUT2D eigenvalue weighted by atomic mass is 10.0. The maximum atomic E-state index is 12.3. The molecule has 0 aromatic rings. The van der Waals surface area contributed by atoms with Crippen LogP contribution in [0.15, 0.2) is 0 Å². The minimum Gasteiger partial charge on any atom is -0.368 e. The first-order chi connectivity index (χ1) is 7.89. The second-order valence-corrected chi connectivity index (χ2v) is 6.21. The highest BCUT2D eigenvalue weighted by molar-refractivity contribution is 9.09. The Morgan fingerprint density at radius 1 is 1.59 bits per heavy atom. The predicted molar refractivity (Wildman–Crippen MR) is 73.4 cm³/mol. The number of carbonyl (C=O) groups excluding carboxylic acids is 1. The van der Waals surface area contributed by atoms with Gasteiger partial charge in [-0.15, -0.1) is 0 Å². The number of halogens is 1. The van der Waals surface area contributed by atoms with Gasteiger partial charge in [0, 0.05) is 24.3 Å². The average Bonchev–Trinajstić information content (AvgIpc) is 2.26. The van der Waals surface area contributed by atoms with E-state index in [2.05, 4.69) is 22.9 Å². The molecule has 1 aliphatic rings. The highest BCUT2D eigenvalue weighted by Gasteiger charge is 2.36. The number of hydrogen-bond donors (Lipinski definition) is 0. The van der Waals surface area contributed by atoms with Gasteiger partial charge in [-0.1, -0.05) is 36.2 Å². The third-order valence-electron chi connectivity index (χ3n) is 3.11. The Morgan fingerprint density at radius 2 is 2.24 bits per heavy atom. The van der Waals surface area contributed by atoms with Gasteiger partial charge in [-0.2, -0.15) is 0 Å². The Balaban J connectivity index is 2.66. The van der Waals surface area contributed by atoms with Crippen LogP contribution in [0.2, 0.25) is 0 Å². The molecule has 3 nitrogen and oxygen atoms in total. The first-order valence-corrected chi connectivity index (χ1v) is 7.54. The van der Waals surface area contributed by atoms with E-state index in [0.717, 1.165) is 18.2 Å². The van der Waals surface area contributed by atoms with Crippen molar-refractivity contribution in [1.29, 1.82) is 0 Å². The third-order valence-corrected chi connectivity index (χ3v) is 3.83. The van der Waals surface area contributed by atoms with E-state index in [1.54, 1.807) is 0 Å². The molecular weight excluding hydrogens is 282 g/mol. The molecule has 17 heavy (non-hydrogen) atoms. The van der Waals surface area contributed by atoms with Crippen LogP contribution in [0.3, 0.4) is 0 Å². The molecule has 100 valence electrons. The molecule has 2 unspecified atom stereocenters. The summed E-state index contributed by atoms with van der Waals surface area (Å²) in [5.74, 6) is 0.402. The zero-order valence-electron chi connectivity index (χ0n) is 11.3. The number of amides is 1. The molecule has 1 aliphatic heterocycles. The summed E-state index contributed by atoms with van der Waals surface area (Å²) >= 11 is 3.44. The lowest BCUT2D eigenvalue weighted by molar-refractivity contribution is -0.160. The van der Waals surface area contributed by atoms with Gasteiger partial charge >= 0.3 is 0 Å². The van der Waals surface area contributed by atoms with E-state index >= 15 is 0 Å². The van der Waals surface area contributed by atoms with E-state index in [0.29, 0.717) is 13.1 Å². The minimum atomic E-state index is -0.238. The Bertz CT molecular complexity index is 268. The lowest BCUT2D eigenvalue weighted by Gasteiger charge is -2.43. The van der Waals surface area contributed by atoms with E-state index < -0.39 is 0 Å². The van der Waals surface area contributed by atoms with E-state index in [4.69, 9.17) is 4.74 Å². The SMILES string of the molecule is CCCC(C)C(=O)N1CC(CBr)OC(C)(C)C1. The molecule has 0 aliphatic carbocycles. The quantitative estimate of drug-likeness (QED) is 0.748. The summed E-state index contributed by atoms with van der Waals surface area (Å²) in [5.41, 5.74) is -0.238. The van der Waals surface area contributed by atoms with Crippen molar-refractivity contribution in [3.63, 3.8) is 0 Å². The molecule has 1 rings (SSSR count). The fraction of sp³-hybridized carbons (Fsp3) is 0.923. The molecule has 1 heterocycles. The van der Waals surface area contributed by atoms with Crippen LogP contribution in [0.4, 0.5) is 0 Å². The van der Waals surface area contributed by atoms with Crippen molar-refractivity contribution in [3.8, 4) is 0 Å². The summed E-state index contributed by atoms with van der Waals surface area (Å²) in [4.78, 5) is 14.3. The Morgan fingerprint density at radius 3 is 2.76 bits per heavy atom. The molecule has 0 saturated carbocycles. The van der Waals surface area contributed by atoms with Crippen LogP contribution in [0.5, 0.6) is 0 Å². The molecule has 0 bridgehead atoms. The summed E-state index contributed by atoms with van der Waals surface area (Å²) in [6.07, 6.45) is 2.13. The van der Waals surface area contributed by atoms with Crippen LogP contribution < -0.4 is 0 Å². The van der Waals surface area contributed by atoms with Gasteiger partial charge in [-0.05, 0) is 20.3 Å². The standard InChI is InChI=1S/C13H24BrNO2/c1-5-6-10(2)12(16)15-8-11(7-14)17-13(3,4)9-15/h10-11H,5-9H2,1-4H3. The molecule has 0 aromatic carbocycles. The fourth-order valence-corrected chi connectivity index (χ4v) is 2.75. The fourth-order valence-electron chi connectivity index (χ4n) is 2.41. The van der Waals surface area contributed by atoms with Gasteiger partial charge in [0.25, 0.3) is 0 Å². The number of morpholine rings is 1. The molecule has 1 amide bonds. The van der Waals surface area contributed by atoms with E-state index in [1.807, 2.05) is 25.7 Å². The summed E-state index contributed by atoms with van der Waals surface area (Å²) in [7, 11) is 0. The molecule has 0 aromatic heterocycles. The second-order valence-electron chi connectivity index (χ2n) is 5.56. The molecule has 0 N–H and O–H groups in total. The molecule has 1 saturated heterocycles. The lowest BCUT2D eigenvalue weighted by Crippen LogP contribution is -2.56. The van der Waals surface area contributed by atoms with E-state index in [1.165, 1.54) is 0 Å². The minimum absolute atomic E-state index is 0.108. The van der Waals surface area contributed by atoms with Gasteiger partial charge in [0.1, 0.15) is 0 Å². The maximum absolute atomic E-state index is 12.3. The first-order valence-electron chi connectivity index (χ1n) is 6.42. The first kappa shape index (κ1) is 15.0. The number of carbonyl (C=O) groups is 1. The van der Waals surface area contributed by atoms with Crippen LogP contribution in [0.25, 0.3) is 0 Å². The normalized spacial score (nSPS) is 25.7. The molecule has 0 radical (unpaired) electrons. The zero-order valence-corrected chi connectivity index (χ0v) is 12.9. The van der Waals surface area contributed by atoms with Crippen LogP contribution in [0.1, 0.15) is 40.5 Å². The van der Waals surface area contributed by atoms with E-state index in [9.17, 15) is 4.79 Å². The third kappa shape index (κ3) is 4.25. The maximum Gasteiger partial charge on any atom is 0.225 e. The highest BCUT2D eigenvalue weighted by Crippen LogP contribution is 2.24. The summed E-state index contributed by atoms with van der Waals surface area (Å²) < 4.78 is 5.90. The van der Waals surface area contributed by atoms with Crippen LogP contribution in [0, 0.1) is 5.92 Å². The highest BCUT2D eigenvalue weighted by atomic mass is 79.9. The summed E-state index contributed by atoms with van der Waals surface area (Å²) in [6.45, 7) is 9.65. The number of nitrogens with zero attached hydrogens (tertiary/aromatic N) is 1. The monoisotopic (exact) mass is 305 g/mol. The van der Waals surface area contributed by atoms with Crippen LogP contribution in [-0.2, 0) is 9.53 Å². The zero-order chi connectivity index (χ0) is 13.1. The van der Waals surface area contributed by atoms with Crippen LogP contribution >= 0.6 is 15.9 Å². The number of rotatable bonds is 4. The van der Waals surface area contributed by atoms with E-state index in [-0.39, 0.29) is 23.5 Å². The smallest absolute Gasteiger partial charge is 0.225 e. The molecular formula is C13H24BrNO2. The Kier molecular flexibility index (Phi) is 5.45. The number of ether oxygens (including phenoxy) is 1. The Labute approximate surface area is 113 Å². The van der Waals surface area contributed by atoms with Crippen molar-refractivity contribution in [2.75, 3.05) is 18.4 Å². The van der Waals surface area contributed by atoms with Crippen molar-refractivity contribution in [2.45, 2.75) is 52.2 Å². The number of hydrogen-bond acceptors (Lipinski definition) is 2. The van der Waals surface area contributed by atoms with Crippen LogP contribution in [-0.4, -0.2) is 40.9 Å². The summed E-state index contributed by atoms with van der Waals surface area (Å²) in [6, 6.07) is 0. The van der Waals surface area contributed by atoms with Crippen molar-refractivity contribution < 1.29 is 9.53 Å². The second kappa shape index (κ2) is 6.19.